The lowest BCUT2D eigenvalue weighted by Gasteiger charge is -2.22. The van der Waals surface area contributed by atoms with Gasteiger partial charge in [-0.2, -0.15) is 0 Å². The van der Waals surface area contributed by atoms with Crippen LogP contribution in [0.4, 0.5) is 5.82 Å². The number of aromatic nitrogens is 2. The van der Waals surface area contributed by atoms with Crippen molar-refractivity contribution in [1.82, 2.24) is 9.97 Å². The lowest BCUT2D eigenvalue weighted by atomic mass is 10.2. The first-order chi connectivity index (χ1) is 7.10. The number of aryl methyl sites for hydroxylation is 1. The Hall–Kier alpha value is -1.65. The molecule has 0 saturated heterocycles. The van der Waals surface area contributed by atoms with Gasteiger partial charge in [0.05, 0.1) is 5.56 Å². The van der Waals surface area contributed by atoms with Gasteiger partial charge < -0.3 is 10.6 Å². The Bertz CT molecular complexity index is 357. The fourth-order valence-electron chi connectivity index (χ4n) is 1.41. The molecule has 0 aliphatic heterocycles. The summed E-state index contributed by atoms with van der Waals surface area (Å²) in [6.07, 6.45) is 1.61. The first-order valence-corrected chi connectivity index (χ1v) is 5.03. The smallest absolute Gasteiger partial charge is 0.143 e. The van der Waals surface area contributed by atoms with Crippen molar-refractivity contribution >= 4 is 11.7 Å². The minimum Gasteiger partial charge on any atom is -0.384 e. The van der Waals surface area contributed by atoms with Crippen molar-refractivity contribution in [2.24, 2.45) is 5.73 Å². The van der Waals surface area contributed by atoms with Gasteiger partial charge in [0.1, 0.15) is 17.5 Å². The maximum atomic E-state index is 7.46. The van der Waals surface area contributed by atoms with Crippen LogP contribution >= 0.6 is 0 Å². The van der Waals surface area contributed by atoms with Gasteiger partial charge in [-0.1, -0.05) is 0 Å². The zero-order valence-electron chi connectivity index (χ0n) is 9.41. The highest BCUT2D eigenvalue weighted by Crippen LogP contribution is 2.16. The molecule has 82 valence electrons. The SMILES string of the molecule is CCN(CC)c1nc(C)ncc1C(=N)N. The molecule has 5 heteroatoms. The number of nitrogens with two attached hydrogens (primary N) is 1. The fraction of sp³-hybridized carbons (Fsp3) is 0.500. The summed E-state index contributed by atoms with van der Waals surface area (Å²) in [6, 6.07) is 0. The first-order valence-electron chi connectivity index (χ1n) is 5.03. The standard InChI is InChI=1S/C10H17N5/c1-4-15(5-2)10-8(9(11)12)6-13-7(3)14-10/h6H,4-5H2,1-3H3,(H3,11,12). The van der Waals surface area contributed by atoms with Crippen molar-refractivity contribution in [3.63, 3.8) is 0 Å². The van der Waals surface area contributed by atoms with Crippen LogP contribution in [0.3, 0.4) is 0 Å². The lowest BCUT2D eigenvalue weighted by Crippen LogP contribution is -2.27. The molecule has 3 N–H and O–H groups in total. The molecular weight excluding hydrogens is 190 g/mol. The topological polar surface area (TPSA) is 78.9 Å². The predicted molar refractivity (Wildman–Crippen MR) is 61.3 cm³/mol. The molecule has 5 nitrogen and oxygen atoms in total. The Morgan fingerprint density at radius 1 is 1.47 bits per heavy atom. The van der Waals surface area contributed by atoms with Crippen LogP contribution in [0, 0.1) is 12.3 Å². The molecule has 0 atom stereocenters. The van der Waals surface area contributed by atoms with E-state index >= 15 is 0 Å². The van der Waals surface area contributed by atoms with Crippen molar-refractivity contribution in [3.8, 4) is 0 Å². The van der Waals surface area contributed by atoms with Gasteiger partial charge in [-0.05, 0) is 20.8 Å². The number of nitrogens with zero attached hydrogens (tertiary/aromatic N) is 3. The maximum absolute atomic E-state index is 7.46. The van der Waals surface area contributed by atoms with E-state index in [1.807, 2.05) is 20.8 Å². The van der Waals surface area contributed by atoms with E-state index in [-0.39, 0.29) is 5.84 Å². The highest BCUT2D eigenvalue weighted by Gasteiger charge is 2.12. The Morgan fingerprint density at radius 3 is 2.53 bits per heavy atom. The molecule has 0 aliphatic rings. The van der Waals surface area contributed by atoms with Crippen molar-refractivity contribution in [1.29, 1.82) is 5.41 Å². The lowest BCUT2D eigenvalue weighted by molar-refractivity contribution is 0.831. The van der Waals surface area contributed by atoms with Gasteiger partial charge in [-0.25, -0.2) is 9.97 Å². The largest absolute Gasteiger partial charge is 0.384 e. The molecule has 0 aromatic carbocycles. The second kappa shape index (κ2) is 4.72. The van der Waals surface area contributed by atoms with Gasteiger partial charge >= 0.3 is 0 Å². The zero-order valence-corrected chi connectivity index (χ0v) is 9.41. The average Bonchev–Trinajstić information content (AvgIpc) is 2.19. The maximum Gasteiger partial charge on any atom is 0.143 e. The molecule has 0 spiro atoms. The highest BCUT2D eigenvalue weighted by atomic mass is 15.2. The molecule has 1 heterocycles. The average molecular weight is 207 g/mol. The van der Waals surface area contributed by atoms with Crippen LogP contribution in [-0.4, -0.2) is 28.9 Å². The number of amidine groups is 1. The number of hydrogen-bond acceptors (Lipinski definition) is 4. The third kappa shape index (κ3) is 2.43. The summed E-state index contributed by atoms with van der Waals surface area (Å²) in [5, 5.41) is 7.46. The molecule has 0 bridgehead atoms. The number of rotatable bonds is 4. The van der Waals surface area contributed by atoms with E-state index in [0.29, 0.717) is 11.4 Å². The molecule has 1 rings (SSSR count). The van der Waals surface area contributed by atoms with Crippen LogP contribution in [-0.2, 0) is 0 Å². The molecule has 0 saturated carbocycles. The molecule has 0 unspecified atom stereocenters. The van der Waals surface area contributed by atoms with Crippen LogP contribution in [0.5, 0.6) is 0 Å². The molecule has 15 heavy (non-hydrogen) atoms. The summed E-state index contributed by atoms with van der Waals surface area (Å²) in [5.41, 5.74) is 6.09. The van der Waals surface area contributed by atoms with E-state index in [4.69, 9.17) is 11.1 Å². The summed E-state index contributed by atoms with van der Waals surface area (Å²) >= 11 is 0. The molecule has 1 aromatic rings. The molecular formula is C10H17N5. The van der Waals surface area contributed by atoms with E-state index in [9.17, 15) is 0 Å². The minimum absolute atomic E-state index is 0.0110. The van der Waals surface area contributed by atoms with Crippen LogP contribution in [0.2, 0.25) is 0 Å². The van der Waals surface area contributed by atoms with Crippen molar-refractivity contribution in [3.05, 3.63) is 17.6 Å². The van der Waals surface area contributed by atoms with Gasteiger partial charge in [0.2, 0.25) is 0 Å². The van der Waals surface area contributed by atoms with Gasteiger partial charge in [0, 0.05) is 19.3 Å². The summed E-state index contributed by atoms with van der Waals surface area (Å²) in [5.74, 6) is 1.46. The third-order valence-electron chi connectivity index (χ3n) is 2.24. The summed E-state index contributed by atoms with van der Waals surface area (Å²) in [4.78, 5) is 10.4. The van der Waals surface area contributed by atoms with Gasteiger partial charge in [0.15, 0.2) is 0 Å². The van der Waals surface area contributed by atoms with Crippen LogP contribution in [0.1, 0.15) is 25.2 Å². The van der Waals surface area contributed by atoms with E-state index < -0.39 is 0 Å². The van der Waals surface area contributed by atoms with E-state index in [1.165, 1.54) is 0 Å². The van der Waals surface area contributed by atoms with Gasteiger partial charge in [-0.15, -0.1) is 0 Å². The third-order valence-corrected chi connectivity index (χ3v) is 2.24. The zero-order chi connectivity index (χ0) is 11.4. The Labute approximate surface area is 89.8 Å². The summed E-state index contributed by atoms with van der Waals surface area (Å²) < 4.78 is 0. The van der Waals surface area contributed by atoms with Gasteiger partial charge in [-0.3, -0.25) is 5.41 Å². The van der Waals surface area contributed by atoms with Crippen molar-refractivity contribution in [2.45, 2.75) is 20.8 Å². The Kier molecular flexibility index (Phi) is 3.60. The molecule has 0 fully saturated rings. The van der Waals surface area contributed by atoms with Crippen molar-refractivity contribution in [2.75, 3.05) is 18.0 Å². The summed E-state index contributed by atoms with van der Waals surface area (Å²) in [7, 11) is 0. The predicted octanol–water partition coefficient (Wildman–Crippen LogP) is 0.915. The number of hydrogen-bond donors (Lipinski definition) is 2. The monoisotopic (exact) mass is 207 g/mol. The Balaban J connectivity index is 3.22. The van der Waals surface area contributed by atoms with E-state index in [0.717, 1.165) is 18.9 Å². The summed E-state index contributed by atoms with van der Waals surface area (Å²) in [6.45, 7) is 7.60. The molecule has 0 aliphatic carbocycles. The minimum atomic E-state index is 0.0110. The van der Waals surface area contributed by atoms with E-state index in [2.05, 4.69) is 14.9 Å². The fourth-order valence-corrected chi connectivity index (χ4v) is 1.41. The van der Waals surface area contributed by atoms with Gasteiger partial charge in [0.25, 0.3) is 0 Å². The van der Waals surface area contributed by atoms with Crippen molar-refractivity contribution < 1.29 is 0 Å². The molecule has 0 amide bonds. The number of anilines is 1. The Morgan fingerprint density at radius 2 is 2.07 bits per heavy atom. The van der Waals surface area contributed by atoms with Crippen LogP contribution < -0.4 is 10.6 Å². The van der Waals surface area contributed by atoms with E-state index in [1.54, 1.807) is 6.20 Å². The number of nitrogen functional groups attached to an aromatic ring is 1. The second-order valence-electron chi connectivity index (χ2n) is 3.24. The van der Waals surface area contributed by atoms with Crippen LogP contribution in [0.15, 0.2) is 6.20 Å². The van der Waals surface area contributed by atoms with Crippen LogP contribution in [0.25, 0.3) is 0 Å². The quantitative estimate of drug-likeness (QED) is 0.568. The molecule has 0 radical (unpaired) electrons. The first kappa shape index (κ1) is 11.4. The molecule has 1 aromatic heterocycles. The normalized spacial score (nSPS) is 10.1. The number of nitrogens with one attached hydrogen (secondary N) is 1. The highest BCUT2D eigenvalue weighted by molar-refractivity contribution is 5.99. The second-order valence-corrected chi connectivity index (χ2v) is 3.24.